The summed E-state index contributed by atoms with van der Waals surface area (Å²) in [6.07, 6.45) is 0. The number of anilines is 1. The molecule has 2 rings (SSSR count). The van der Waals surface area contributed by atoms with E-state index in [9.17, 15) is 4.79 Å². The third-order valence-electron chi connectivity index (χ3n) is 2.57. The molecule has 0 unspecified atom stereocenters. The number of rotatable bonds is 4. The predicted octanol–water partition coefficient (Wildman–Crippen LogP) is 5.20. The van der Waals surface area contributed by atoms with Gasteiger partial charge in [0.2, 0.25) is 0 Å². The quantitative estimate of drug-likeness (QED) is 0.768. The summed E-state index contributed by atoms with van der Waals surface area (Å²) in [5.41, 5.74) is 1.45. The second-order valence-corrected chi connectivity index (χ2v) is 7.22. The highest BCUT2D eigenvalue weighted by atomic mass is 79.9. The van der Waals surface area contributed by atoms with Crippen molar-refractivity contribution >= 4 is 39.3 Å². The molecular weight excluding hydrogens is 334 g/mol. The maximum absolute atomic E-state index is 12.1. The van der Waals surface area contributed by atoms with Crippen LogP contribution < -0.4 is 5.32 Å². The van der Waals surface area contributed by atoms with Crippen LogP contribution in [0.4, 0.5) is 5.69 Å². The van der Waals surface area contributed by atoms with E-state index in [0.717, 1.165) is 10.2 Å². The first-order valence-electron chi connectivity index (χ1n) is 6.38. The summed E-state index contributed by atoms with van der Waals surface area (Å²) in [5, 5.41) is 3.45. The molecule has 0 aliphatic heterocycles. The van der Waals surface area contributed by atoms with Crippen molar-refractivity contribution in [2.24, 2.45) is 0 Å². The Morgan fingerprint density at radius 2 is 1.85 bits per heavy atom. The molecule has 0 bridgehead atoms. The average Bonchev–Trinajstić information content (AvgIpc) is 2.40. The number of halogens is 1. The Morgan fingerprint density at radius 1 is 1.15 bits per heavy atom. The predicted molar refractivity (Wildman–Crippen MR) is 89.5 cm³/mol. The fourth-order valence-corrected chi connectivity index (χ4v) is 2.96. The van der Waals surface area contributed by atoms with Crippen LogP contribution in [0.5, 0.6) is 0 Å². The fourth-order valence-electron chi connectivity index (χ4n) is 1.72. The highest BCUT2D eigenvalue weighted by Gasteiger charge is 2.06. The van der Waals surface area contributed by atoms with Crippen LogP contribution in [0.2, 0.25) is 0 Å². The smallest absolute Gasteiger partial charge is 0.255 e. The summed E-state index contributed by atoms with van der Waals surface area (Å²) >= 11 is 5.17. The highest BCUT2D eigenvalue weighted by Crippen LogP contribution is 2.24. The van der Waals surface area contributed by atoms with E-state index in [-0.39, 0.29) is 5.91 Å². The molecule has 4 heteroatoms. The van der Waals surface area contributed by atoms with E-state index in [1.54, 1.807) is 23.9 Å². The van der Waals surface area contributed by atoms with Crippen LogP contribution in [-0.2, 0) is 0 Å². The Bertz CT molecular complexity index is 596. The zero-order chi connectivity index (χ0) is 14.5. The molecule has 0 fully saturated rings. The van der Waals surface area contributed by atoms with Crippen molar-refractivity contribution in [3.8, 4) is 0 Å². The summed E-state index contributed by atoms with van der Waals surface area (Å²) < 4.78 is 0.897. The fraction of sp³-hybridized carbons (Fsp3) is 0.188. The molecule has 0 spiro atoms. The zero-order valence-corrected chi connectivity index (χ0v) is 13.8. The average molecular weight is 350 g/mol. The van der Waals surface area contributed by atoms with Gasteiger partial charge in [0.15, 0.2) is 0 Å². The van der Waals surface area contributed by atoms with Crippen LogP contribution in [0.25, 0.3) is 0 Å². The molecule has 0 aromatic heterocycles. The number of thioether (sulfide) groups is 1. The van der Waals surface area contributed by atoms with Crippen LogP contribution in [0.3, 0.4) is 0 Å². The van der Waals surface area contributed by atoms with Gasteiger partial charge < -0.3 is 5.32 Å². The summed E-state index contributed by atoms with van der Waals surface area (Å²) in [4.78, 5) is 13.3. The van der Waals surface area contributed by atoms with E-state index < -0.39 is 0 Å². The minimum absolute atomic E-state index is 0.101. The minimum Gasteiger partial charge on any atom is -0.322 e. The van der Waals surface area contributed by atoms with Crippen molar-refractivity contribution < 1.29 is 4.79 Å². The van der Waals surface area contributed by atoms with Crippen LogP contribution in [0.15, 0.2) is 57.9 Å². The normalized spacial score (nSPS) is 10.6. The molecule has 2 nitrogen and oxygen atoms in total. The van der Waals surface area contributed by atoms with Gasteiger partial charge in [-0.15, -0.1) is 11.8 Å². The monoisotopic (exact) mass is 349 g/mol. The van der Waals surface area contributed by atoms with E-state index >= 15 is 0 Å². The first kappa shape index (κ1) is 15.1. The van der Waals surface area contributed by atoms with E-state index in [2.05, 4.69) is 35.1 Å². The van der Waals surface area contributed by atoms with Gasteiger partial charge in [0.1, 0.15) is 0 Å². The molecule has 2 aromatic rings. The van der Waals surface area contributed by atoms with Gasteiger partial charge in [0.25, 0.3) is 5.91 Å². The Balaban J connectivity index is 2.04. The summed E-state index contributed by atoms with van der Waals surface area (Å²) in [6, 6.07) is 15.3. The Labute approximate surface area is 132 Å². The van der Waals surface area contributed by atoms with Gasteiger partial charge >= 0.3 is 0 Å². The van der Waals surface area contributed by atoms with Gasteiger partial charge in [-0.05, 0) is 42.5 Å². The maximum Gasteiger partial charge on any atom is 0.255 e. The maximum atomic E-state index is 12.1. The standard InChI is InChI=1S/C16H16BrNOS/c1-11(2)20-15-8-6-14(7-9-15)18-16(19)12-4-3-5-13(17)10-12/h3-11H,1-2H3,(H,18,19). The molecule has 1 amide bonds. The van der Waals surface area contributed by atoms with Crippen LogP contribution in [0, 0.1) is 0 Å². The van der Waals surface area contributed by atoms with Crippen molar-refractivity contribution in [3.63, 3.8) is 0 Å². The molecule has 0 aliphatic carbocycles. The SMILES string of the molecule is CC(C)Sc1ccc(NC(=O)c2cccc(Br)c2)cc1. The lowest BCUT2D eigenvalue weighted by atomic mass is 10.2. The zero-order valence-electron chi connectivity index (χ0n) is 11.4. The Hall–Kier alpha value is -1.26. The highest BCUT2D eigenvalue weighted by molar-refractivity contribution is 9.10. The second kappa shape index (κ2) is 6.95. The van der Waals surface area contributed by atoms with Gasteiger partial charge in [0, 0.05) is 25.9 Å². The number of benzene rings is 2. The third-order valence-corrected chi connectivity index (χ3v) is 4.08. The molecule has 0 atom stereocenters. The summed E-state index contributed by atoms with van der Waals surface area (Å²) in [7, 11) is 0. The van der Waals surface area contributed by atoms with Crippen molar-refractivity contribution in [2.75, 3.05) is 5.32 Å². The van der Waals surface area contributed by atoms with Gasteiger partial charge in [-0.3, -0.25) is 4.79 Å². The molecule has 0 saturated heterocycles. The molecule has 0 radical (unpaired) electrons. The molecule has 20 heavy (non-hydrogen) atoms. The molecule has 2 aromatic carbocycles. The van der Waals surface area contributed by atoms with Gasteiger partial charge in [-0.1, -0.05) is 35.8 Å². The molecule has 1 N–H and O–H groups in total. The van der Waals surface area contributed by atoms with Crippen molar-refractivity contribution in [1.82, 2.24) is 0 Å². The number of carbonyl (C=O) groups excluding carboxylic acids is 1. The lowest BCUT2D eigenvalue weighted by Crippen LogP contribution is -2.11. The van der Waals surface area contributed by atoms with Gasteiger partial charge in [-0.25, -0.2) is 0 Å². The van der Waals surface area contributed by atoms with Crippen molar-refractivity contribution in [1.29, 1.82) is 0 Å². The Kier molecular flexibility index (Phi) is 5.26. The molecule has 0 saturated carbocycles. The molecule has 0 heterocycles. The first-order chi connectivity index (χ1) is 9.54. The van der Waals surface area contributed by atoms with Crippen LogP contribution >= 0.6 is 27.7 Å². The number of nitrogens with one attached hydrogen (secondary N) is 1. The van der Waals surface area contributed by atoms with Gasteiger partial charge in [0.05, 0.1) is 0 Å². The lowest BCUT2D eigenvalue weighted by molar-refractivity contribution is 0.102. The third kappa shape index (κ3) is 4.39. The van der Waals surface area contributed by atoms with E-state index in [0.29, 0.717) is 10.8 Å². The molecular formula is C16H16BrNOS. The minimum atomic E-state index is -0.101. The topological polar surface area (TPSA) is 29.1 Å². The van der Waals surface area contributed by atoms with E-state index in [4.69, 9.17) is 0 Å². The summed E-state index contributed by atoms with van der Waals surface area (Å²) in [6.45, 7) is 4.32. The van der Waals surface area contributed by atoms with Crippen molar-refractivity contribution in [3.05, 3.63) is 58.6 Å². The number of amides is 1. The van der Waals surface area contributed by atoms with Crippen molar-refractivity contribution in [2.45, 2.75) is 24.0 Å². The van der Waals surface area contributed by atoms with E-state index in [1.165, 1.54) is 4.90 Å². The molecule has 104 valence electrons. The number of hydrogen-bond donors (Lipinski definition) is 1. The van der Waals surface area contributed by atoms with E-state index in [1.807, 2.05) is 36.4 Å². The van der Waals surface area contributed by atoms with Gasteiger partial charge in [-0.2, -0.15) is 0 Å². The number of hydrogen-bond acceptors (Lipinski definition) is 2. The second-order valence-electron chi connectivity index (χ2n) is 4.66. The number of carbonyl (C=O) groups is 1. The first-order valence-corrected chi connectivity index (χ1v) is 8.05. The largest absolute Gasteiger partial charge is 0.322 e. The van der Waals surface area contributed by atoms with Crippen LogP contribution in [0.1, 0.15) is 24.2 Å². The Morgan fingerprint density at radius 3 is 2.45 bits per heavy atom. The summed E-state index contributed by atoms with van der Waals surface area (Å²) in [5.74, 6) is -0.101. The molecule has 0 aliphatic rings. The lowest BCUT2D eigenvalue weighted by Gasteiger charge is -2.08. The van der Waals surface area contributed by atoms with Crippen LogP contribution in [-0.4, -0.2) is 11.2 Å².